The zero-order chi connectivity index (χ0) is 74.4. The van der Waals surface area contributed by atoms with Crippen molar-refractivity contribution < 1.29 is 32.0 Å². The molecule has 109 heavy (non-hydrogen) atoms. The Bertz CT molecular complexity index is 4640. The highest BCUT2D eigenvalue weighted by Gasteiger charge is 2.25. The van der Waals surface area contributed by atoms with E-state index < -0.39 is 0 Å². The second kappa shape index (κ2) is 37.7. The maximum absolute atomic E-state index is 6.32. The molecule has 23 heteroatoms. The van der Waals surface area contributed by atoms with E-state index in [1.54, 1.807) is 0 Å². The molecule has 11 aromatic rings. The van der Waals surface area contributed by atoms with Gasteiger partial charge in [0, 0.05) is 47.7 Å². The number of aromatic nitrogens is 12. The van der Waals surface area contributed by atoms with Crippen LogP contribution in [0.1, 0.15) is 138 Å². The van der Waals surface area contributed by atoms with Crippen molar-refractivity contribution in [3.63, 3.8) is 0 Å². The van der Waals surface area contributed by atoms with Gasteiger partial charge < -0.3 is 93.2 Å². The van der Waals surface area contributed by atoms with Gasteiger partial charge >= 0.3 is 0 Å². The number of pyridine rings is 5. The van der Waals surface area contributed by atoms with Gasteiger partial charge in [-0.25, -0.2) is 31.7 Å². The fourth-order valence-corrected chi connectivity index (χ4v) is 14.9. The standard InChI is InChI=1S/C17H22N5.C17H27N4.C16H25N4O.C16H25N4.C15H25N4O.5CH3/c1-20-10-11-21(12-20)9-3-5-14-17(18)16-8-7-13-4-2-6-15(13)22(16)19-14;1-21(2,3)12-5-4-8-14-17(18)16-11-10-13-7-6-9-15(13)20(16)19-14;1-20(2,3)10-5-11-21-16-15(17)14-9-8-12-6-4-7-13(12)19(14)18-16;1-20(2,3)11-5-7-13-16(17)15-10-9-12-6-4-8-14(12)19(15)18-13;1-11-7-8-13-14(16)15(17-18(13)12(11)2)20-10-6-9-19(3,4)5;;;;;/h7-8,10-12H,2-6,9,18H2,1H3;10-11H,4-9,12,18H2,1-3H3;8-9H,4-7,10-11,17H2,1-3H3;9-10H,4-8,11,17H2,1-3H3;7-8H,6,9-10,16H2,1-5H3;5*1H3/q5*+1;5*-1. The summed E-state index contributed by atoms with van der Waals surface area (Å²) in [6.07, 6.45) is 29.7. The van der Waals surface area contributed by atoms with Crippen molar-refractivity contribution in [1.82, 2.24) is 52.6 Å². The molecule has 0 saturated carbocycles. The largest absolute Gasteiger partial charge is 0.475 e. The number of hydrogen-bond donors (Lipinski definition) is 5. The molecule has 0 unspecified atom stereocenters. The molecule has 0 spiro atoms. The summed E-state index contributed by atoms with van der Waals surface area (Å²) in [5.74, 6) is 1.12. The minimum absolute atomic E-state index is 0. The number of aryl methyl sites for hydroxylation is 15. The molecule has 11 aromatic heterocycles. The van der Waals surface area contributed by atoms with Gasteiger partial charge in [0.05, 0.1) is 199 Å². The zero-order valence-corrected chi connectivity index (χ0v) is 70.7. The minimum Gasteiger partial charge on any atom is -0.475 e. The van der Waals surface area contributed by atoms with Crippen molar-refractivity contribution in [3.05, 3.63) is 190 Å². The van der Waals surface area contributed by atoms with Gasteiger partial charge in [-0.3, -0.25) is 0 Å². The van der Waals surface area contributed by atoms with Crippen LogP contribution in [-0.2, 0) is 84.2 Å². The monoisotopic (exact) mass is 1500 g/mol. The summed E-state index contributed by atoms with van der Waals surface area (Å²) in [6, 6.07) is 21.4. The Labute approximate surface area is 653 Å². The highest BCUT2D eigenvalue weighted by atomic mass is 16.5. The van der Waals surface area contributed by atoms with E-state index in [9.17, 15) is 0 Å². The Hall–Kier alpha value is -8.90. The summed E-state index contributed by atoms with van der Waals surface area (Å²) >= 11 is 0. The lowest BCUT2D eigenvalue weighted by molar-refractivity contribution is -0.870. The lowest BCUT2D eigenvalue weighted by Crippen LogP contribution is -2.36. The number of hydrogen-bond acceptors (Lipinski definition) is 12. The highest BCUT2D eigenvalue weighted by molar-refractivity contribution is 5.77. The lowest BCUT2D eigenvalue weighted by atomic mass is 10.1. The summed E-state index contributed by atoms with van der Waals surface area (Å²) in [5, 5.41) is 23.4. The minimum atomic E-state index is 0. The van der Waals surface area contributed by atoms with Crippen molar-refractivity contribution in [2.45, 2.75) is 155 Å². The molecule has 0 aliphatic heterocycles. The SMILES string of the molecule is C[N+](C)(C)CCCCc1nn2c3c(ccc2c1N)CCC3.C[N+](C)(C)CCCOc1nn2c3c(ccc2c1N)CCC3.C[N+](C)(C)CCCc1nn2c3c(ccc2c1N)CCC3.C[n+]1ccn(CCCc2nn3c4c(ccc3c2N)CCC4)c1.Cc1ccc2c(N)c(OCCC[N+](C)(C)C)nn2c1C.[CH3-].[CH3-].[CH3-].[CH3-].[CH3-]. The van der Waals surface area contributed by atoms with Crippen molar-refractivity contribution >= 4 is 56.0 Å². The van der Waals surface area contributed by atoms with Gasteiger partial charge in [0.2, 0.25) is 6.33 Å². The molecule has 11 heterocycles. The van der Waals surface area contributed by atoms with Crippen LogP contribution in [-0.4, -0.2) is 195 Å². The van der Waals surface area contributed by atoms with Gasteiger partial charge in [0.15, 0.2) is 0 Å². The van der Waals surface area contributed by atoms with Crippen LogP contribution in [0.3, 0.4) is 0 Å². The van der Waals surface area contributed by atoms with Crippen molar-refractivity contribution in [2.24, 2.45) is 7.05 Å². The van der Waals surface area contributed by atoms with E-state index >= 15 is 0 Å². The molecule has 0 radical (unpaired) electrons. The first-order valence-electron chi connectivity index (χ1n) is 38.2. The molecular weight excluding hydrogens is 1360 g/mol. The van der Waals surface area contributed by atoms with E-state index in [2.05, 4.69) is 198 Å². The van der Waals surface area contributed by atoms with Crippen LogP contribution >= 0.6 is 0 Å². The average molecular weight is 1500 g/mol. The van der Waals surface area contributed by atoms with E-state index in [-0.39, 0.29) is 37.1 Å². The van der Waals surface area contributed by atoms with Crippen LogP contribution in [0.4, 0.5) is 28.4 Å². The first kappa shape index (κ1) is 89.0. The van der Waals surface area contributed by atoms with Crippen molar-refractivity contribution in [1.29, 1.82) is 0 Å². The molecule has 0 saturated heterocycles. The normalized spacial score (nSPS) is 13.4. The van der Waals surface area contributed by atoms with Gasteiger partial charge in [0.1, 0.15) is 23.8 Å². The number of anilines is 5. The van der Waals surface area contributed by atoms with Crippen LogP contribution in [0.2, 0.25) is 0 Å². The van der Waals surface area contributed by atoms with Crippen molar-refractivity contribution in [3.8, 4) is 11.8 Å². The summed E-state index contributed by atoms with van der Waals surface area (Å²) in [6.45, 7) is 10.9. The third kappa shape index (κ3) is 22.0. The van der Waals surface area contributed by atoms with Gasteiger partial charge in [-0.05, 0) is 188 Å². The zero-order valence-electron chi connectivity index (χ0n) is 70.7. The van der Waals surface area contributed by atoms with Crippen LogP contribution in [0, 0.1) is 51.0 Å². The molecule has 0 atom stereocenters. The Balaban J connectivity index is 0.000000211. The summed E-state index contributed by atoms with van der Waals surface area (Å²) < 4.78 is 29.8. The second-order valence-electron chi connectivity index (χ2n) is 33.7. The van der Waals surface area contributed by atoms with Crippen LogP contribution in [0.5, 0.6) is 11.8 Å². The third-order valence-corrected chi connectivity index (χ3v) is 20.9. The predicted molar refractivity (Wildman–Crippen MR) is 455 cm³/mol. The Morgan fingerprint density at radius 1 is 0.376 bits per heavy atom. The van der Waals surface area contributed by atoms with E-state index in [1.807, 2.05) is 29.1 Å². The van der Waals surface area contributed by atoms with Gasteiger partial charge in [-0.1, -0.05) is 30.3 Å². The fourth-order valence-electron chi connectivity index (χ4n) is 14.9. The predicted octanol–water partition coefficient (Wildman–Crippen LogP) is 12.3. The Morgan fingerprint density at radius 3 is 1.07 bits per heavy atom. The molecule has 15 rings (SSSR count). The lowest BCUT2D eigenvalue weighted by Gasteiger charge is -2.23. The summed E-state index contributed by atoms with van der Waals surface area (Å²) in [5.41, 5.74) is 56.8. The number of nitrogens with two attached hydrogens (primary N) is 5. The molecular formula is C86H139N21O2. The first-order valence-corrected chi connectivity index (χ1v) is 38.2. The smallest absolute Gasteiger partial charge is 0.257 e. The van der Waals surface area contributed by atoms with Crippen LogP contribution in [0.15, 0.2) is 79.4 Å². The maximum atomic E-state index is 6.32. The first-order chi connectivity index (χ1) is 49.4. The van der Waals surface area contributed by atoms with Gasteiger partial charge in [-0.2, -0.15) is 15.3 Å². The fraction of sp³-hybridized carbons (Fsp3) is 0.500. The number of nitrogens with zero attached hydrogens (tertiary/aromatic N) is 16. The third-order valence-electron chi connectivity index (χ3n) is 20.9. The molecule has 0 amide bonds. The van der Waals surface area contributed by atoms with Crippen molar-refractivity contribution in [2.75, 3.05) is 153 Å². The van der Waals surface area contributed by atoms with Crippen LogP contribution < -0.4 is 42.7 Å². The van der Waals surface area contributed by atoms with Gasteiger partial charge in [0.25, 0.3) is 11.8 Å². The van der Waals surface area contributed by atoms with Gasteiger partial charge in [-0.15, -0.1) is 10.2 Å². The highest BCUT2D eigenvalue weighted by Crippen LogP contribution is 2.34. The molecule has 4 aliphatic carbocycles. The molecule has 4 aliphatic rings. The Kier molecular flexibility index (Phi) is 30.8. The summed E-state index contributed by atoms with van der Waals surface area (Å²) in [7, 11) is 28.5. The number of ether oxygens (including phenoxy) is 2. The molecule has 0 fully saturated rings. The number of rotatable bonds is 23. The molecule has 23 nitrogen and oxygen atoms in total. The molecule has 600 valence electrons. The number of fused-ring (bicyclic) bond motifs is 13. The van der Waals surface area contributed by atoms with E-state index in [0.29, 0.717) is 36.3 Å². The topological polar surface area (TPSA) is 244 Å². The molecule has 0 aromatic carbocycles. The van der Waals surface area contributed by atoms with E-state index in [0.717, 1.165) is 195 Å². The number of quaternary nitrogens is 4. The molecule has 0 bridgehead atoms. The number of unbranched alkanes of at least 4 members (excludes halogenated alkanes) is 1. The quantitative estimate of drug-likeness (QED) is 0.0174. The Morgan fingerprint density at radius 2 is 0.697 bits per heavy atom. The molecule has 10 N–H and O–H groups in total. The van der Waals surface area contributed by atoms with E-state index in [4.69, 9.17) is 53.4 Å². The number of imidazole rings is 1. The number of nitrogen functional groups attached to an aromatic ring is 5. The average Bonchev–Trinajstić information content (AvgIpc) is 1.69. The van der Waals surface area contributed by atoms with E-state index in [1.165, 1.54) is 109 Å². The second-order valence-corrected chi connectivity index (χ2v) is 33.7. The summed E-state index contributed by atoms with van der Waals surface area (Å²) in [4.78, 5) is 0. The van der Waals surface area contributed by atoms with Crippen LogP contribution in [0.25, 0.3) is 27.6 Å². The maximum Gasteiger partial charge on any atom is 0.257 e.